The van der Waals surface area contributed by atoms with Gasteiger partial charge in [0.1, 0.15) is 0 Å². The maximum Gasteiger partial charge on any atom is 0.494 e. The molecule has 2 N–H and O–H groups in total. The second-order valence-corrected chi connectivity index (χ2v) is 3.42. The molecule has 2 rings (SSSR count). The lowest BCUT2D eigenvalue weighted by atomic mass is 9.80. The minimum Gasteiger partial charge on any atom is -0.423 e. The van der Waals surface area contributed by atoms with Crippen molar-refractivity contribution in [1.29, 1.82) is 0 Å². The number of pyridine rings is 1. The van der Waals surface area contributed by atoms with Crippen LogP contribution in [0.25, 0.3) is 10.9 Å². The van der Waals surface area contributed by atoms with Gasteiger partial charge in [0.25, 0.3) is 0 Å². The molecule has 0 saturated carbocycles. The molecular weight excluding hydrogens is 193 g/mol. The average molecular weight is 203 g/mol. The van der Waals surface area contributed by atoms with Crippen molar-refractivity contribution in [3.63, 3.8) is 0 Å². The van der Waals surface area contributed by atoms with E-state index in [1.54, 1.807) is 23.7 Å². The Morgan fingerprint density at radius 3 is 2.60 bits per heavy atom. The molecule has 0 radical (unpaired) electrons. The highest BCUT2D eigenvalue weighted by Crippen LogP contribution is 2.06. The van der Waals surface area contributed by atoms with Crippen LogP contribution >= 0.6 is 0 Å². The first-order chi connectivity index (χ1) is 7.11. The summed E-state index contributed by atoms with van der Waals surface area (Å²) in [6.07, 6.45) is 1.44. The van der Waals surface area contributed by atoms with Crippen LogP contribution in [0.3, 0.4) is 0 Å². The smallest absolute Gasteiger partial charge is 0.423 e. The normalized spacial score (nSPS) is 10.6. The summed E-state index contributed by atoms with van der Waals surface area (Å²) in [6, 6.07) is 7.06. The van der Waals surface area contributed by atoms with Crippen LogP contribution in [0.2, 0.25) is 0 Å². The van der Waals surface area contributed by atoms with Crippen LogP contribution in [0.5, 0.6) is 0 Å². The van der Waals surface area contributed by atoms with Gasteiger partial charge in [0.05, 0.1) is 5.52 Å². The molecule has 0 bridgehead atoms. The van der Waals surface area contributed by atoms with Gasteiger partial charge in [0.2, 0.25) is 0 Å². The highest BCUT2D eigenvalue weighted by atomic mass is 16.4. The van der Waals surface area contributed by atoms with Gasteiger partial charge in [-0.2, -0.15) is 0 Å². The fourth-order valence-corrected chi connectivity index (χ4v) is 1.65. The first-order valence-corrected chi connectivity index (χ1v) is 4.55. The Morgan fingerprint density at radius 2 is 1.93 bits per heavy atom. The molecule has 0 spiro atoms. The summed E-state index contributed by atoms with van der Waals surface area (Å²) in [6.45, 7) is 0. The zero-order chi connectivity index (χ0) is 11.0. The van der Waals surface area contributed by atoms with Crippen LogP contribution in [0, 0.1) is 0 Å². The zero-order valence-corrected chi connectivity index (χ0v) is 8.21. The number of hydrogen-bond acceptors (Lipinski definition) is 3. The number of benzene rings is 1. The minimum atomic E-state index is -1.73. The summed E-state index contributed by atoms with van der Waals surface area (Å²) in [5.74, 6) is 0. The Balaban J connectivity index is 2.91. The fraction of sp³-hybridized carbons (Fsp3) is 0.100. The molecule has 0 unspecified atom stereocenters. The van der Waals surface area contributed by atoms with Crippen molar-refractivity contribution in [3.05, 3.63) is 40.7 Å². The summed E-state index contributed by atoms with van der Waals surface area (Å²) in [5, 5.41) is 18.6. The molecule has 0 aliphatic rings. The Kier molecular flexibility index (Phi) is 2.34. The van der Waals surface area contributed by atoms with E-state index in [4.69, 9.17) is 10.0 Å². The summed E-state index contributed by atoms with van der Waals surface area (Å²) in [4.78, 5) is 11.8. The SMILES string of the molecule is Cn1cc(B(O)O)c(=O)c2ccccc21. The van der Waals surface area contributed by atoms with Crippen molar-refractivity contribution < 1.29 is 10.0 Å². The molecule has 15 heavy (non-hydrogen) atoms. The number of para-hydroxylation sites is 1. The van der Waals surface area contributed by atoms with Gasteiger partial charge in [0, 0.05) is 24.1 Å². The van der Waals surface area contributed by atoms with Gasteiger partial charge in [-0.25, -0.2) is 0 Å². The van der Waals surface area contributed by atoms with Crippen LogP contribution in [0.1, 0.15) is 0 Å². The molecule has 1 heterocycles. The van der Waals surface area contributed by atoms with Crippen molar-refractivity contribution in [2.24, 2.45) is 7.05 Å². The highest BCUT2D eigenvalue weighted by Gasteiger charge is 2.17. The zero-order valence-electron chi connectivity index (χ0n) is 8.21. The molecule has 0 aliphatic heterocycles. The minimum absolute atomic E-state index is 0.00352. The van der Waals surface area contributed by atoms with Crippen molar-refractivity contribution >= 4 is 23.5 Å². The van der Waals surface area contributed by atoms with Crippen LogP contribution < -0.4 is 10.9 Å². The van der Waals surface area contributed by atoms with Gasteiger partial charge in [-0.3, -0.25) is 4.79 Å². The summed E-state index contributed by atoms with van der Waals surface area (Å²) >= 11 is 0. The lowest BCUT2D eigenvalue weighted by molar-refractivity contribution is 0.425. The van der Waals surface area contributed by atoms with Crippen LogP contribution in [-0.4, -0.2) is 21.7 Å². The maximum atomic E-state index is 11.8. The van der Waals surface area contributed by atoms with Crippen LogP contribution in [0.4, 0.5) is 0 Å². The fourth-order valence-electron chi connectivity index (χ4n) is 1.65. The number of aromatic nitrogens is 1. The van der Waals surface area contributed by atoms with Gasteiger partial charge in [-0.05, 0) is 12.1 Å². The molecule has 2 aromatic rings. The standard InChI is InChI=1S/C10H10BNO3/c1-12-6-8(11(14)15)10(13)7-4-2-3-5-9(7)12/h2-6,14-15H,1H3. The van der Waals surface area contributed by atoms with Crippen LogP contribution in [-0.2, 0) is 7.05 Å². The van der Waals surface area contributed by atoms with Crippen molar-refractivity contribution in [2.75, 3.05) is 0 Å². The second kappa shape index (κ2) is 3.53. The Hall–Kier alpha value is -1.59. The number of aryl methyl sites for hydroxylation is 1. The number of rotatable bonds is 1. The van der Waals surface area contributed by atoms with Gasteiger partial charge in [0.15, 0.2) is 5.43 Å². The van der Waals surface area contributed by atoms with Crippen molar-refractivity contribution in [1.82, 2.24) is 4.57 Å². The quantitative estimate of drug-likeness (QED) is 0.597. The van der Waals surface area contributed by atoms with Gasteiger partial charge < -0.3 is 14.6 Å². The first-order valence-electron chi connectivity index (χ1n) is 4.55. The molecule has 76 valence electrons. The third kappa shape index (κ3) is 1.56. The lowest BCUT2D eigenvalue weighted by Crippen LogP contribution is -2.42. The van der Waals surface area contributed by atoms with Crippen LogP contribution in [0.15, 0.2) is 35.3 Å². The van der Waals surface area contributed by atoms with E-state index in [9.17, 15) is 4.79 Å². The molecule has 0 atom stereocenters. The first kappa shape index (κ1) is 9.95. The van der Waals surface area contributed by atoms with Gasteiger partial charge in [-0.15, -0.1) is 0 Å². The maximum absolute atomic E-state index is 11.8. The van der Waals surface area contributed by atoms with Gasteiger partial charge in [-0.1, -0.05) is 12.1 Å². The van der Waals surface area contributed by atoms with E-state index < -0.39 is 7.12 Å². The lowest BCUT2D eigenvalue weighted by Gasteiger charge is -2.07. The average Bonchev–Trinajstić information content (AvgIpc) is 2.23. The Bertz CT molecular complexity index is 562. The molecule has 0 aliphatic carbocycles. The van der Waals surface area contributed by atoms with Crippen molar-refractivity contribution in [3.8, 4) is 0 Å². The van der Waals surface area contributed by atoms with E-state index in [0.29, 0.717) is 5.39 Å². The Morgan fingerprint density at radius 1 is 1.27 bits per heavy atom. The number of nitrogens with zero attached hydrogens (tertiary/aromatic N) is 1. The number of fused-ring (bicyclic) bond motifs is 1. The second-order valence-electron chi connectivity index (χ2n) is 3.42. The van der Waals surface area contributed by atoms with E-state index in [0.717, 1.165) is 5.52 Å². The van der Waals surface area contributed by atoms with E-state index in [1.165, 1.54) is 6.20 Å². The summed E-state index contributed by atoms with van der Waals surface area (Å²) < 4.78 is 1.70. The molecule has 5 heteroatoms. The topological polar surface area (TPSA) is 62.5 Å². The molecule has 1 aromatic heterocycles. The van der Waals surface area contributed by atoms with E-state index in [2.05, 4.69) is 0 Å². The summed E-state index contributed by atoms with van der Waals surface area (Å²) in [5.41, 5.74) is 0.432. The molecule has 0 amide bonds. The Labute approximate surface area is 86.6 Å². The largest absolute Gasteiger partial charge is 0.494 e. The predicted molar refractivity (Wildman–Crippen MR) is 59.0 cm³/mol. The third-order valence-corrected chi connectivity index (χ3v) is 2.40. The van der Waals surface area contributed by atoms with Gasteiger partial charge >= 0.3 is 7.12 Å². The molecule has 4 nitrogen and oxygen atoms in total. The van der Waals surface area contributed by atoms with E-state index in [1.807, 2.05) is 12.1 Å². The molecular formula is C10H10BNO3. The molecule has 0 fully saturated rings. The molecule has 0 saturated heterocycles. The summed E-state index contributed by atoms with van der Waals surface area (Å²) in [7, 11) is 0.0292. The van der Waals surface area contributed by atoms with E-state index >= 15 is 0 Å². The predicted octanol–water partition coefficient (Wildman–Crippen LogP) is -0.782. The molecule has 1 aromatic carbocycles. The number of hydrogen-bond donors (Lipinski definition) is 2. The van der Waals surface area contributed by atoms with Crippen molar-refractivity contribution in [2.45, 2.75) is 0 Å². The monoisotopic (exact) mass is 203 g/mol. The highest BCUT2D eigenvalue weighted by molar-refractivity contribution is 6.58. The van der Waals surface area contributed by atoms with E-state index in [-0.39, 0.29) is 10.9 Å². The third-order valence-electron chi connectivity index (χ3n) is 2.40.